The van der Waals surface area contributed by atoms with Gasteiger partial charge in [-0.05, 0) is 47.7 Å². The molecule has 2 aromatic carbocycles. The van der Waals surface area contributed by atoms with Crippen LogP contribution >= 0.6 is 22.9 Å². The normalized spacial score (nSPS) is 11.2. The quantitative estimate of drug-likeness (QED) is 0.535. The van der Waals surface area contributed by atoms with Crippen molar-refractivity contribution in [1.82, 2.24) is 0 Å². The molecule has 3 aromatic rings. The number of carbonyl (C=O) groups is 1. The number of rotatable bonds is 7. The number of carbonyl (C=O) groups excluding carboxylic acids is 1. The van der Waals surface area contributed by atoms with Crippen molar-refractivity contribution in [2.75, 3.05) is 11.3 Å². The maximum absolute atomic E-state index is 12.7. The average molecular weight is 436 g/mol. The molecule has 0 aliphatic carbocycles. The van der Waals surface area contributed by atoms with E-state index in [0.29, 0.717) is 28.3 Å². The fourth-order valence-corrected chi connectivity index (χ4v) is 5.09. The van der Waals surface area contributed by atoms with Gasteiger partial charge in [0.1, 0.15) is 0 Å². The number of anilines is 1. The summed E-state index contributed by atoms with van der Waals surface area (Å²) in [6.07, 6.45) is 0.397. The van der Waals surface area contributed by atoms with Gasteiger partial charge in [0.05, 0.1) is 22.8 Å². The summed E-state index contributed by atoms with van der Waals surface area (Å²) in [5.74, 6) is -0.410. The Labute approximate surface area is 173 Å². The van der Waals surface area contributed by atoms with Gasteiger partial charge in [-0.3, -0.25) is 4.72 Å². The molecule has 0 radical (unpaired) electrons. The van der Waals surface area contributed by atoms with Crippen LogP contribution in [0.5, 0.6) is 0 Å². The fourth-order valence-electron chi connectivity index (χ4n) is 2.60. The molecule has 1 N–H and O–H groups in total. The number of esters is 1. The van der Waals surface area contributed by atoms with E-state index in [-0.39, 0.29) is 11.5 Å². The van der Waals surface area contributed by atoms with Crippen molar-refractivity contribution in [2.24, 2.45) is 0 Å². The molecule has 8 heteroatoms. The number of sulfonamides is 1. The SMILES string of the molecule is Cc1c(Cl)cccc1S(=O)(=O)Nc1cscc1CCOC(=O)c1ccccc1. The third-order valence-corrected chi connectivity index (χ3v) is 6.82. The largest absolute Gasteiger partial charge is 0.462 e. The first-order valence-corrected chi connectivity index (χ1v) is 11.2. The highest BCUT2D eigenvalue weighted by molar-refractivity contribution is 7.92. The molecule has 0 bridgehead atoms. The molecule has 0 aliphatic heterocycles. The highest BCUT2D eigenvalue weighted by Gasteiger charge is 2.20. The maximum Gasteiger partial charge on any atom is 0.338 e. The van der Waals surface area contributed by atoms with Gasteiger partial charge in [-0.2, -0.15) is 0 Å². The third kappa shape index (κ3) is 4.73. The molecular formula is C20H18ClNO4S2. The molecule has 0 unspecified atom stereocenters. The summed E-state index contributed by atoms with van der Waals surface area (Å²) in [6.45, 7) is 1.81. The van der Waals surface area contributed by atoms with E-state index in [1.165, 1.54) is 17.4 Å². The van der Waals surface area contributed by atoms with Gasteiger partial charge in [0.2, 0.25) is 0 Å². The lowest BCUT2D eigenvalue weighted by Crippen LogP contribution is -2.15. The lowest BCUT2D eigenvalue weighted by molar-refractivity contribution is 0.0509. The second kappa shape index (κ2) is 8.77. The van der Waals surface area contributed by atoms with Crippen LogP contribution in [0.3, 0.4) is 0 Å². The number of halogens is 1. The van der Waals surface area contributed by atoms with Crippen LogP contribution in [0.25, 0.3) is 0 Å². The van der Waals surface area contributed by atoms with Crippen molar-refractivity contribution in [3.63, 3.8) is 0 Å². The first-order chi connectivity index (χ1) is 13.4. The minimum Gasteiger partial charge on any atom is -0.462 e. The lowest BCUT2D eigenvalue weighted by atomic mass is 10.2. The summed E-state index contributed by atoms with van der Waals surface area (Å²) in [5.41, 5.74) is 2.20. The predicted molar refractivity (Wildman–Crippen MR) is 112 cm³/mol. The minimum absolute atomic E-state index is 0.132. The molecule has 1 heterocycles. The Bertz CT molecular complexity index is 1080. The van der Waals surface area contributed by atoms with Crippen LogP contribution in [0.2, 0.25) is 5.02 Å². The summed E-state index contributed by atoms with van der Waals surface area (Å²) in [7, 11) is -3.78. The molecule has 28 heavy (non-hydrogen) atoms. The summed E-state index contributed by atoms with van der Waals surface area (Å²) in [6, 6.07) is 13.5. The Morgan fingerprint density at radius 2 is 1.86 bits per heavy atom. The Morgan fingerprint density at radius 1 is 1.11 bits per heavy atom. The molecule has 3 rings (SSSR count). The van der Waals surface area contributed by atoms with Gasteiger partial charge in [-0.15, -0.1) is 11.3 Å². The Hall–Kier alpha value is -2.35. The predicted octanol–water partition coefficient (Wildman–Crippen LogP) is 4.91. The summed E-state index contributed by atoms with van der Waals surface area (Å²) in [5, 5.41) is 3.94. The lowest BCUT2D eigenvalue weighted by Gasteiger charge is -2.12. The summed E-state index contributed by atoms with van der Waals surface area (Å²) in [4.78, 5) is 12.1. The Balaban J connectivity index is 1.67. The molecule has 5 nitrogen and oxygen atoms in total. The standard InChI is InChI=1S/C20H18ClNO4S2/c1-14-17(21)8-5-9-19(14)28(24,25)22-18-13-27-12-16(18)10-11-26-20(23)15-6-3-2-4-7-15/h2-9,12-13,22H,10-11H2,1H3. The van der Waals surface area contributed by atoms with Gasteiger partial charge in [0, 0.05) is 16.8 Å². The maximum atomic E-state index is 12.7. The van der Waals surface area contributed by atoms with Crippen molar-refractivity contribution < 1.29 is 17.9 Å². The number of hydrogen-bond acceptors (Lipinski definition) is 5. The Morgan fingerprint density at radius 3 is 2.61 bits per heavy atom. The van der Waals surface area contributed by atoms with E-state index < -0.39 is 16.0 Å². The average Bonchev–Trinajstić information content (AvgIpc) is 3.10. The molecule has 0 saturated heterocycles. The van der Waals surface area contributed by atoms with Crippen molar-refractivity contribution in [3.05, 3.63) is 81.0 Å². The van der Waals surface area contributed by atoms with Crippen LogP contribution in [-0.2, 0) is 21.2 Å². The highest BCUT2D eigenvalue weighted by atomic mass is 35.5. The van der Waals surface area contributed by atoms with Gasteiger partial charge in [0.25, 0.3) is 10.0 Å². The molecule has 1 aromatic heterocycles. The second-order valence-corrected chi connectivity index (χ2v) is 8.83. The smallest absolute Gasteiger partial charge is 0.338 e. The molecule has 146 valence electrons. The fraction of sp³-hybridized carbons (Fsp3) is 0.150. The van der Waals surface area contributed by atoms with E-state index >= 15 is 0 Å². The topological polar surface area (TPSA) is 72.5 Å². The molecule has 0 saturated carbocycles. The van der Waals surface area contributed by atoms with Gasteiger partial charge in [0.15, 0.2) is 0 Å². The van der Waals surface area contributed by atoms with E-state index in [1.807, 2.05) is 11.4 Å². The van der Waals surface area contributed by atoms with Crippen molar-refractivity contribution in [1.29, 1.82) is 0 Å². The van der Waals surface area contributed by atoms with E-state index in [2.05, 4.69) is 4.72 Å². The van der Waals surface area contributed by atoms with E-state index in [1.54, 1.807) is 48.7 Å². The molecule has 0 spiro atoms. The first kappa shape index (κ1) is 20.4. The summed E-state index contributed by atoms with van der Waals surface area (Å²) < 4.78 is 33.4. The van der Waals surface area contributed by atoms with Gasteiger partial charge < -0.3 is 4.74 Å². The van der Waals surface area contributed by atoms with Crippen molar-refractivity contribution in [2.45, 2.75) is 18.2 Å². The molecule has 0 atom stereocenters. The molecule has 0 amide bonds. The van der Waals surface area contributed by atoms with Crippen LogP contribution in [0.15, 0.2) is 64.2 Å². The van der Waals surface area contributed by atoms with E-state index in [9.17, 15) is 13.2 Å². The molecular weight excluding hydrogens is 418 g/mol. The van der Waals surface area contributed by atoms with Crippen LogP contribution in [0.1, 0.15) is 21.5 Å². The number of benzene rings is 2. The van der Waals surface area contributed by atoms with Crippen LogP contribution in [0, 0.1) is 6.92 Å². The number of thiophene rings is 1. The highest BCUT2D eigenvalue weighted by Crippen LogP contribution is 2.28. The number of nitrogens with one attached hydrogen (secondary N) is 1. The molecule has 0 fully saturated rings. The minimum atomic E-state index is -3.78. The van der Waals surface area contributed by atoms with Crippen LogP contribution < -0.4 is 4.72 Å². The Kier molecular flexibility index (Phi) is 6.39. The first-order valence-electron chi connectivity index (χ1n) is 8.43. The zero-order valence-electron chi connectivity index (χ0n) is 15.0. The van der Waals surface area contributed by atoms with Gasteiger partial charge in [-0.1, -0.05) is 35.9 Å². The zero-order chi connectivity index (χ0) is 20.1. The van der Waals surface area contributed by atoms with Crippen molar-refractivity contribution in [3.8, 4) is 0 Å². The van der Waals surface area contributed by atoms with Gasteiger partial charge >= 0.3 is 5.97 Å². The monoisotopic (exact) mass is 435 g/mol. The van der Waals surface area contributed by atoms with Crippen molar-refractivity contribution >= 4 is 44.6 Å². The van der Waals surface area contributed by atoms with E-state index in [0.717, 1.165) is 5.56 Å². The third-order valence-electron chi connectivity index (χ3n) is 4.11. The van der Waals surface area contributed by atoms with Gasteiger partial charge in [-0.25, -0.2) is 13.2 Å². The zero-order valence-corrected chi connectivity index (χ0v) is 17.4. The summed E-state index contributed by atoms with van der Waals surface area (Å²) >= 11 is 7.41. The van der Waals surface area contributed by atoms with Crippen LogP contribution in [-0.4, -0.2) is 21.0 Å². The van der Waals surface area contributed by atoms with E-state index in [4.69, 9.17) is 16.3 Å². The van der Waals surface area contributed by atoms with Crippen LogP contribution in [0.4, 0.5) is 5.69 Å². The second-order valence-electron chi connectivity index (χ2n) is 6.03. The molecule has 0 aliphatic rings. The number of hydrogen-bond donors (Lipinski definition) is 1. The number of ether oxygens (including phenoxy) is 1.